The summed E-state index contributed by atoms with van der Waals surface area (Å²) in [4.78, 5) is 26.4. The Morgan fingerprint density at radius 3 is 2.67 bits per heavy atom. The minimum atomic E-state index is -0.716. The minimum Gasteiger partial charge on any atom is -0.496 e. The van der Waals surface area contributed by atoms with Crippen molar-refractivity contribution in [3.05, 3.63) is 80.9 Å². The summed E-state index contributed by atoms with van der Waals surface area (Å²) in [5.41, 5.74) is 8.06. The molecule has 4 rings (SSSR count). The lowest BCUT2D eigenvalue weighted by molar-refractivity contribution is -0.139. The number of carbonyl (C=O) groups is 2. The fourth-order valence-corrected chi connectivity index (χ4v) is 5.11. The molecule has 2 N–H and O–H groups in total. The van der Waals surface area contributed by atoms with Crippen LogP contribution in [-0.2, 0) is 25.7 Å². The van der Waals surface area contributed by atoms with Gasteiger partial charge in [-0.3, -0.25) is 4.79 Å². The average molecular weight is 556 g/mol. The van der Waals surface area contributed by atoms with Crippen LogP contribution in [0.2, 0.25) is 0 Å². The molecule has 1 atom stereocenters. The quantitative estimate of drug-likeness (QED) is 0.448. The zero-order valence-electron chi connectivity index (χ0n) is 20.9. The number of ether oxygens (including phenoxy) is 4. The van der Waals surface area contributed by atoms with Crippen LogP contribution < -0.4 is 15.2 Å². The monoisotopic (exact) mass is 555 g/mol. The molecule has 7 nitrogen and oxygen atoms in total. The van der Waals surface area contributed by atoms with E-state index in [-0.39, 0.29) is 35.9 Å². The van der Waals surface area contributed by atoms with E-state index in [0.29, 0.717) is 41.2 Å². The highest BCUT2D eigenvalue weighted by atomic mass is 79.9. The van der Waals surface area contributed by atoms with Crippen molar-refractivity contribution in [2.75, 3.05) is 13.7 Å². The number of halogens is 1. The summed E-state index contributed by atoms with van der Waals surface area (Å²) in [6, 6.07) is 13.1. The van der Waals surface area contributed by atoms with Gasteiger partial charge in [-0.2, -0.15) is 0 Å². The standard InChI is InChI=1S/C28H30BrNO6/c1-5-34-27(32)25-23(24-20(31)13-28(2,3)14-22(24)36-26(25)30)16-9-10-21(33-4)17(11-16)15-35-19-8-6-7-18(29)12-19/h6-12,23H,5,13-15,30H2,1-4H3/t23-/m1/s1. The molecule has 36 heavy (non-hydrogen) atoms. The number of methoxy groups -OCH3 is 1. The van der Waals surface area contributed by atoms with Gasteiger partial charge in [-0.05, 0) is 48.2 Å². The van der Waals surface area contributed by atoms with Crippen LogP contribution in [0.1, 0.15) is 50.7 Å². The second kappa shape index (κ2) is 10.4. The number of benzene rings is 2. The zero-order valence-corrected chi connectivity index (χ0v) is 22.4. The van der Waals surface area contributed by atoms with Gasteiger partial charge in [0.2, 0.25) is 5.88 Å². The van der Waals surface area contributed by atoms with Crippen molar-refractivity contribution in [2.45, 2.75) is 46.1 Å². The molecule has 0 unspecified atom stereocenters. The molecule has 1 aliphatic carbocycles. The van der Waals surface area contributed by atoms with Crippen LogP contribution in [0, 0.1) is 5.41 Å². The second-order valence-corrected chi connectivity index (χ2v) is 10.5. The molecule has 2 aromatic carbocycles. The molecule has 0 spiro atoms. The van der Waals surface area contributed by atoms with Crippen LogP contribution in [0.3, 0.4) is 0 Å². The number of allylic oxidation sites excluding steroid dienone is 2. The third-order valence-electron chi connectivity index (χ3n) is 6.28. The van der Waals surface area contributed by atoms with Gasteiger partial charge < -0.3 is 24.7 Å². The Labute approximate surface area is 219 Å². The van der Waals surface area contributed by atoms with Gasteiger partial charge in [0.25, 0.3) is 0 Å². The molecular weight excluding hydrogens is 526 g/mol. The second-order valence-electron chi connectivity index (χ2n) is 9.63. The van der Waals surface area contributed by atoms with Gasteiger partial charge in [0.15, 0.2) is 5.78 Å². The Morgan fingerprint density at radius 2 is 1.97 bits per heavy atom. The fraction of sp³-hybridized carbons (Fsp3) is 0.357. The van der Waals surface area contributed by atoms with Gasteiger partial charge >= 0.3 is 5.97 Å². The topological polar surface area (TPSA) is 97.1 Å². The molecule has 1 aliphatic heterocycles. The number of carbonyl (C=O) groups excluding carboxylic acids is 2. The lowest BCUT2D eigenvalue weighted by atomic mass is 9.70. The number of Topliss-reactive ketones (excluding diaryl/α,β-unsaturated/α-hetero) is 1. The van der Waals surface area contributed by atoms with E-state index in [1.165, 1.54) is 0 Å². The Morgan fingerprint density at radius 1 is 1.19 bits per heavy atom. The van der Waals surface area contributed by atoms with Gasteiger partial charge in [-0.1, -0.05) is 41.9 Å². The van der Waals surface area contributed by atoms with Crippen LogP contribution in [0.5, 0.6) is 11.5 Å². The zero-order chi connectivity index (χ0) is 26.0. The largest absolute Gasteiger partial charge is 0.496 e. The molecule has 0 saturated heterocycles. The van der Waals surface area contributed by atoms with Crippen LogP contribution in [0.25, 0.3) is 0 Å². The highest BCUT2D eigenvalue weighted by molar-refractivity contribution is 9.10. The fourth-order valence-electron chi connectivity index (χ4n) is 4.73. The molecule has 0 saturated carbocycles. The summed E-state index contributed by atoms with van der Waals surface area (Å²) in [6.45, 7) is 6.13. The third kappa shape index (κ3) is 5.28. The Balaban J connectivity index is 1.79. The van der Waals surface area contributed by atoms with E-state index in [9.17, 15) is 9.59 Å². The van der Waals surface area contributed by atoms with Crippen molar-refractivity contribution in [3.8, 4) is 11.5 Å². The first-order valence-electron chi connectivity index (χ1n) is 11.8. The molecule has 0 fully saturated rings. The van der Waals surface area contributed by atoms with Crippen molar-refractivity contribution >= 4 is 27.7 Å². The molecular formula is C28H30BrNO6. The predicted octanol–water partition coefficient (Wildman–Crippen LogP) is 5.53. The smallest absolute Gasteiger partial charge is 0.340 e. The van der Waals surface area contributed by atoms with E-state index in [1.54, 1.807) is 20.1 Å². The lowest BCUT2D eigenvalue weighted by Gasteiger charge is -2.38. The van der Waals surface area contributed by atoms with Crippen molar-refractivity contribution < 1.29 is 28.5 Å². The number of nitrogens with two attached hydrogens (primary N) is 1. The first-order chi connectivity index (χ1) is 17.1. The summed E-state index contributed by atoms with van der Waals surface area (Å²) >= 11 is 3.45. The highest BCUT2D eigenvalue weighted by Crippen LogP contribution is 2.48. The number of rotatable bonds is 7. The molecule has 2 aliphatic rings. The van der Waals surface area contributed by atoms with Crippen molar-refractivity contribution in [3.63, 3.8) is 0 Å². The minimum absolute atomic E-state index is 0.0366. The first-order valence-corrected chi connectivity index (χ1v) is 12.6. The van der Waals surface area contributed by atoms with Crippen molar-refractivity contribution in [1.29, 1.82) is 0 Å². The van der Waals surface area contributed by atoms with Crippen molar-refractivity contribution in [2.24, 2.45) is 11.1 Å². The van der Waals surface area contributed by atoms with Gasteiger partial charge in [0.1, 0.15) is 29.4 Å². The van der Waals surface area contributed by atoms with E-state index in [0.717, 1.165) is 10.0 Å². The third-order valence-corrected chi connectivity index (χ3v) is 6.77. The Kier molecular flexibility index (Phi) is 7.45. The van der Waals surface area contributed by atoms with Gasteiger partial charge in [0, 0.05) is 28.5 Å². The van der Waals surface area contributed by atoms with E-state index >= 15 is 0 Å². The Hall–Kier alpha value is -3.26. The summed E-state index contributed by atoms with van der Waals surface area (Å²) in [5, 5.41) is 0. The molecule has 0 aromatic heterocycles. The average Bonchev–Trinajstić information content (AvgIpc) is 2.81. The normalized spacial score (nSPS) is 18.9. The SMILES string of the molecule is CCOC(=O)C1=C(N)OC2=C(C(=O)CC(C)(C)C2)[C@H]1c1ccc(OC)c(COc2cccc(Br)c2)c1. The highest BCUT2D eigenvalue weighted by Gasteiger charge is 2.45. The van der Waals surface area contributed by atoms with Crippen LogP contribution in [0.4, 0.5) is 0 Å². The van der Waals surface area contributed by atoms with Crippen molar-refractivity contribution in [1.82, 2.24) is 0 Å². The Bertz CT molecular complexity index is 1260. The summed E-state index contributed by atoms with van der Waals surface area (Å²) < 4.78 is 23.7. The number of ketones is 1. The predicted molar refractivity (Wildman–Crippen MR) is 138 cm³/mol. The van der Waals surface area contributed by atoms with E-state index in [1.807, 2.05) is 50.2 Å². The maximum Gasteiger partial charge on any atom is 0.340 e. The number of hydrogen-bond donors (Lipinski definition) is 1. The van der Waals surface area contributed by atoms with Crippen LogP contribution in [0.15, 0.2) is 69.7 Å². The molecule has 0 amide bonds. The number of esters is 1. The van der Waals surface area contributed by atoms with E-state index in [2.05, 4.69) is 15.9 Å². The molecule has 2 aromatic rings. The first kappa shape index (κ1) is 25.8. The van der Waals surface area contributed by atoms with Crippen LogP contribution >= 0.6 is 15.9 Å². The maximum atomic E-state index is 13.4. The van der Waals surface area contributed by atoms with Crippen LogP contribution in [-0.4, -0.2) is 25.5 Å². The van der Waals surface area contributed by atoms with Gasteiger partial charge in [0.05, 0.1) is 19.6 Å². The summed E-state index contributed by atoms with van der Waals surface area (Å²) in [7, 11) is 1.58. The van der Waals surface area contributed by atoms with E-state index < -0.39 is 11.9 Å². The van der Waals surface area contributed by atoms with Gasteiger partial charge in [-0.25, -0.2) is 4.79 Å². The summed E-state index contributed by atoms with van der Waals surface area (Å²) in [6.07, 6.45) is 0.882. The molecule has 8 heteroatoms. The molecule has 0 radical (unpaired) electrons. The summed E-state index contributed by atoms with van der Waals surface area (Å²) in [5.74, 6) is 0.400. The maximum absolute atomic E-state index is 13.4. The molecule has 1 heterocycles. The van der Waals surface area contributed by atoms with E-state index in [4.69, 9.17) is 24.7 Å². The van der Waals surface area contributed by atoms with Gasteiger partial charge in [-0.15, -0.1) is 0 Å². The molecule has 190 valence electrons. The number of hydrogen-bond acceptors (Lipinski definition) is 7. The lowest BCUT2D eigenvalue weighted by Crippen LogP contribution is -2.35. The molecule has 0 bridgehead atoms.